The van der Waals surface area contributed by atoms with Crippen molar-refractivity contribution in [3.63, 3.8) is 0 Å². The molecule has 0 spiro atoms. The van der Waals surface area contributed by atoms with E-state index in [0.717, 1.165) is 17.7 Å². The standard InChI is InChI=1S/C16H21F3N2/c1-3-14(20-2)13-6-4-5-7-15(13)21-10-8-12(9-11-21)16(17,18)19/h4-8,14,20H,3,9-11H2,1-2H3. The normalized spacial score (nSPS) is 17.6. The fraction of sp³-hybridized carbons (Fsp3) is 0.500. The Morgan fingerprint density at radius 3 is 2.52 bits per heavy atom. The number of anilines is 1. The lowest BCUT2D eigenvalue weighted by Gasteiger charge is -2.32. The van der Waals surface area contributed by atoms with E-state index in [4.69, 9.17) is 0 Å². The SMILES string of the molecule is CCC(NC)c1ccccc1N1CC=C(C(F)(F)F)CC1. The van der Waals surface area contributed by atoms with E-state index in [0.29, 0.717) is 13.1 Å². The number of nitrogens with one attached hydrogen (secondary N) is 1. The molecule has 2 nitrogen and oxygen atoms in total. The van der Waals surface area contributed by atoms with Gasteiger partial charge in [0.05, 0.1) is 0 Å². The lowest BCUT2D eigenvalue weighted by Crippen LogP contribution is -2.33. The molecule has 0 saturated carbocycles. The molecule has 1 aliphatic rings. The summed E-state index contributed by atoms with van der Waals surface area (Å²) >= 11 is 0. The topological polar surface area (TPSA) is 15.3 Å². The third-order valence-electron chi connectivity index (χ3n) is 3.98. The summed E-state index contributed by atoms with van der Waals surface area (Å²) in [5.74, 6) is 0. The van der Waals surface area contributed by atoms with Gasteiger partial charge >= 0.3 is 6.18 Å². The van der Waals surface area contributed by atoms with Gasteiger partial charge in [-0.3, -0.25) is 0 Å². The van der Waals surface area contributed by atoms with E-state index >= 15 is 0 Å². The van der Waals surface area contributed by atoms with Crippen molar-refractivity contribution >= 4 is 5.69 Å². The summed E-state index contributed by atoms with van der Waals surface area (Å²) in [5.41, 5.74) is 1.76. The van der Waals surface area contributed by atoms with Crippen LogP contribution in [0.15, 0.2) is 35.9 Å². The van der Waals surface area contributed by atoms with Gasteiger partial charge in [0, 0.05) is 30.4 Å². The zero-order valence-corrected chi connectivity index (χ0v) is 12.4. The maximum absolute atomic E-state index is 12.7. The predicted octanol–water partition coefficient (Wildman–Crippen LogP) is 4.06. The fourth-order valence-electron chi connectivity index (χ4n) is 2.80. The van der Waals surface area contributed by atoms with Crippen molar-refractivity contribution in [3.05, 3.63) is 41.5 Å². The molecule has 1 heterocycles. The number of para-hydroxylation sites is 1. The minimum Gasteiger partial charge on any atom is -0.367 e. The van der Waals surface area contributed by atoms with Gasteiger partial charge in [-0.1, -0.05) is 31.2 Å². The van der Waals surface area contributed by atoms with Crippen molar-refractivity contribution in [2.24, 2.45) is 0 Å². The monoisotopic (exact) mass is 298 g/mol. The molecule has 1 atom stereocenters. The molecule has 0 fully saturated rings. The number of alkyl halides is 3. The molecule has 1 aromatic carbocycles. The molecule has 0 saturated heterocycles. The van der Waals surface area contributed by atoms with Crippen LogP contribution in [0, 0.1) is 0 Å². The van der Waals surface area contributed by atoms with E-state index in [1.165, 1.54) is 6.08 Å². The molecule has 0 aromatic heterocycles. The summed E-state index contributed by atoms with van der Waals surface area (Å²) in [6, 6.07) is 8.16. The summed E-state index contributed by atoms with van der Waals surface area (Å²) in [4.78, 5) is 2.02. The molecule has 2 rings (SSSR count). The molecule has 5 heteroatoms. The molecular weight excluding hydrogens is 277 g/mol. The van der Waals surface area contributed by atoms with Gasteiger partial charge in [-0.2, -0.15) is 13.2 Å². The molecule has 0 bridgehead atoms. The highest BCUT2D eigenvalue weighted by Gasteiger charge is 2.35. The Morgan fingerprint density at radius 1 is 1.29 bits per heavy atom. The van der Waals surface area contributed by atoms with Crippen LogP contribution < -0.4 is 10.2 Å². The first kappa shape index (κ1) is 15.9. The van der Waals surface area contributed by atoms with E-state index in [2.05, 4.69) is 12.2 Å². The zero-order valence-electron chi connectivity index (χ0n) is 12.4. The molecule has 1 unspecified atom stereocenters. The molecule has 1 aromatic rings. The molecular formula is C16H21F3N2. The van der Waals surface area contributed by atoms with E-state index in [1.807, 2.05) is 36.2 Å². The molecule has 116 valence electrons. The second kappa shape index (κ2) is 6.52. The zero-order chi connectivity index (χ0) is 15.5. The van der Waals surface area contributed by atoms with Crippen LogP contribution in [0.2, 0.25) is 0 Å². The summed E-state index contributed by atoms with van der Waals surface area (Å²) in [6.45, 7) is 2.81. The summed E-state index contributed by atoms with van der Waals surface area (Å²) in [6.07, 6.45) is -1.90. The van der Waals surface area contributed by atoms with Crippen LogP contribution in [0.1, 0.15) is 31.4 Å². The van der Waals surface area contributed by atoms with Crippen molar-refractivity contribution < 1.29 is 13.2 Å². The van der Waals surface area contributed by atoms with Crippen molar-refractivity contribution in [2.45, 2.75) is 32.0 Å². The predicted molar refractivity (Wildman–Crippen MR) is 79.5 cm³/mol. The third-order valence-corrected chi connectivity index (χ3v) is 3.98. The number of hydrogen-bond donors (Lipinski definition) is 1. The van der Waals surface area contributed by atoms with Gasteiger partial charge in [-0.15, -0.1) is 0 Å². The third kappa shape index (κ3) is 3.59. The van der Waals surface area contributed by atoms with Gasteiger partial charge in [0.1, 0.15) is 0 Å². The van der Waals surface area contributed by atoms with Gasteiger partial charge in [-0.25, -0.2) is 0 Å². The van der Waals surface area contributed by atoms with Crippen LogP contribution in [0.5, 0.6) is 0 Å². The van der Waals surface area contributed by atoms with E-state index < -0.39 is 11.7 Å². The Labute approximate surface area is 123 Å². The summed E-state index contributed by atoms with van der Waals surface area (Å²) < 4.78 is 38.1. The highest BCUT2D eigenvalue weighted by Crippen LogP contribution is 2.34. The Kier molecular flexibility index (Phi) is 4.93. The minimum absolute atomic E-state index is 0.0498. The summed E-state index contributed by atoms with van der Waals surface area (Å²) in [7, 11) is 1.91. The maximum Gasteiger partial charge on any atom is 0.412 e. The number of rotatable bonds is 4. The Bertz CT molecular complexity index is 504. The molecule has 21 heavy (non-hydrogen) atoms. The molecule has 0 aliphatic carbocycles. The Hall–Kier alpha value is -1.49. The van der Waals surface area contributed by atoms with Crippen molar-refractivity contribution in [1.29, 1.82) is 0 Å². The molecule has 0 radical (unpaired) electrons. The maximum atomic E-state index is 12.7. The van der Waals surface area contributed by atoms with Crippen LogP contribution in [0.3, 0.4) is 0 Å². The van der Waals surface area contributed by atoms with Crippen molar-refractivity contribution in [1.82, 2.24) is 5.32 Å². The first-order chi connectivity index (χ1) is 9.97. The Balaban J connectivity index is 2.23. The lowest BCUT2D eigenvalue weighted by atomic mass is 10.00. The fourth-order valence-corrected chi connectivity index (χ4v) is 2.80. The highest BCUT2D eigenvalue weighted by atomic mass is 19.4. The van der Waals surface area contributed by atoms with Gasteiger partial charge in [0.15, 0.2) is 0 Å². The van der Waals surface area contributed by atoms with Crippen LogP contribution in [-0.4, -0.2) is 26.3 Å². The Morgan fingerprint density at radius 2 is 2.00 bits per heavy atom. The first-order valence-electron chi connectivity index (χ1n) is 7.24. The second-order valence-corrected chi connectivity index (χ2v) is 5.23. The average molecular weight is 298 g/mol. The average Bonchev–Trinajstić information content (AvgIpc) is 2.48. The highest BCUT2D eigenvalue weighted by molar-refractivity contribution is 5.56. The van der Waals surface area contributed by atoms with E-state index in [9.17, 15) is 13.2 Å². The number of nitrogens with zero attached hydrogens (tertiary/aromatic N) is 1. The van der Waals surface area contributed by atoms with Gasteiger partial charge in [0.25, 0.3) is 0 Å². The van der Waals surface area contributed by atoms with Crippen LogP contribution in [0.4, 0.5) is 18.9 Å². The van der Waals surface area contributed by atoms with E-state index in [-0.39, 0.29) is 12.5 Å². The van der Waals surface area contributed by atoms with Crippen LogP contribution >= 0.6 is 0 Å². The number of hydrogen-bond acceptors (Lipinski definition) is 2. The quantitative estimate of drug-likeness (QED) is 0.843. The summed E-state index contributed by atoms with van der Waals surface area (Å²) in [5, 5.41) is 3.26. The smallest absolute Gasteiger partial charge is 0.367 e. The van der Waals surface area contributed by atoms with Gasteiger partial charge in [-0.05, 0) is 31.5 Å². The number of halogens is 3. The number of benzene rings is 1. The largest absolute Gasteiger partial charge is 0.412 e. The van der Waals surface area contributed by atoms with Crippen molar-refractivity contribution in [2.75, 3.05) is 25.0 Å². The molecule has 0 amide bonds. The second-order valence-electron chi connectivity index (χ2n) is 5.23. The van der Waals surface area contributed by atoms with Gasteiger partial charge < -0.3 is 10.2 Å². The first-order valence-corrected chi connectivity index (χ1v) is 7.24. The van der Waals surface area contributed by atoms with Crippen LogP contribution in [0.25, 0.3) is 0 Å². The van der Waals surface area contributed by atoms with Gasteiger partial charge in [0.2, 0.25) is 0 Å². The van der Waals surface area contributed by atoms with Crippen LogP contribution in [-0.2, 0) is 0 Å². The van der Waals surface area contributed by atoms with Crippen molar-refractivity contribution in [3.8, 4) is 0 Å². The molecule has 1 aliphatic heterocycles. The minimum atomic E-state index is -4.19. The van der Waals surface area contributed by atoms with E-state index in [1.54, 1.807) is 0 Å². The molecule has 1 N–H and O–H groups in total. The lowest BCUT2D eigenvalue weighted by molar-refractivity contribution is -0.0943.